The summed E-state index contributed by atoms with van der Waals surface area (Å²) in [5.41, 5.74) is 0.502. The van der Waals surface area contributed by atoms with Crippen LogP contribution in [0.1, 0.15) is 20.8 Å². The van der Waals surface area contributed by atoms with Crippen LogP contribution in [0.3, 0.4) is 0 Å². The summed E-state index contributed by atoms with van der Waals surface area (Å²) in [5.74, 6) is 0.577. The third-order valence-corrected chi connectivity index (χ3v) is 6.64. The number of hydrogen-bond donors (Lipinski definition) is 1. The smallest absolute Gasteiger partial charge is 0.181 e. The first-order valence-corrected chi connectivity index (χ1v) is 9.57. The number of hydrogen-bond acceptors (Lipinski definition) is 6. The maximum absolute atomic E-state index is 12.3. The van der Waals surface area contributed by atoms with Crippen LogP contribution in [-0.2, 0) is 19.3 Å². The lowest BCUT2D eigenvalue weighted by atomic mass is 10.0. The number of sulfone groups is 1. The molecule has 0 unspecified atom stereocenters. The van der Waals surface area contributed by atoms with Crippen LogP contribution in [0.5, 0.6) is 0 Å². The van der Waals surface area contributed by atoms with Gasteiger partial charge in [-0.25, -0.2) is 8.42 Å². The second-order valence-corrected chi connectivity index (χ2v) is 9.53. The van der Waals surface area contributed by atoms with Crippen LogP contribution in [0.15, 0.2) is 11.5 Å². The molecule has 2 atom stereocenters. The van der Waals surface area contributed by atoms with Crippen molar-refractivity contribution in [3.8, 4) is 0 Å². The molecule has 2 aliphatic rings. The molecule has 0 aromatic heterocycles. The minimum atomic E-state index is -3.38. The SMILES string of the molecule is C[C@H]1COC[C@@H]2CO/C(=C(/N(C)C)C(C)(C)S(C)(=O)=O)C(=N)N21. The Hall–Kier alpha value is -1.28. The molecule has 2 fully saturated rings. The highest BCUT2D eigenvalue weighted by Gasteiger charge is 2.44. The zero-order valence-electron chi connectivity index (χ0n) is 14.7. The van der Waals surface area contributed by atoms with Crippen LogP contribution in [-0.4, -0.2) is 81.1 Å². The Morgan fingerprint density at radius 3 is 2.43 bits per heavy atom. The third-order valence-electron chi connectivity index (χ3n) is 4.59. The van der Waals surface area contributed by atoms with E-state index in [4.69, 9.17) is 14.9 Å². The molecule has 8 heteroatoms. The molecule has 0 radical (unpaired) electrons. The Kier molecular flexibility index (Phi) is 4.69. The molecule has 2 aliphatic heterocycles. The monoisotopic (exact) mass is 345 g/mol. The Bertz CT molecular complexity index is 625. The molecule has 1 N–H and O–H groups in total. The zero-order chi connectivity index (χ0) is 17.6. The molecule has 2 heterocycles. The van der Waals surface area contributed by atoms with Crippen molar-refractivity contribution in [1.29, 1.82) is 5.41 Å². The predicted octanol–water partition coefficient (Wildman–Crippen LogP) is 0.680. The summed E-state index contributed by atoms with van der Waals surface area (Å²) in [6.45, 7) is 6.76. The van der Waals surface area contributed by atoms with Gasteiger partial charge in [-0.05, 0) is 20.8 Å². The van der Waals surface area contributed by atoms with Crippen LogP contribution in [0.4, 0.5) is 0 Å². The van der Waals surface area contributed by atoms with Crippen LogP contribution >= 0.6 is 0 Å². The van der Waals surface area contributed by atoms with E-state index in [9.17, 15) is 8.42 Å². The summed E-state index contributed by atoms with van der Waals surface area (Å²) in [4.78, 5) is 3.71. The van der Waals surface area contributed by atoms with Gasteiger partial charge in [-0.1, -0.05) is 0 Å². The van der Waals surface area contributed by atoms with Gasteiger partial charge in [-0.15, -0.1) is 0 Å². The van der Waals surface area contributed by atoms with E-state index in [2.05, 4.69) is 0 Å². The Morgan fingerprint density at radius 2 is 1.91 bits per heavy atom. The van der Waals surface area contributed by atoms with Crippen molar-refractivity contribution in [2.75, 3.05) is 40.2 Å². The fraction of sp³-hybridized carbons (Fsp3) is 0.800. The van der Waals surface area contributed by atoms with Gasteiger partial charge in [-0.2, -0.15) is 0 Å². The van der Waals surface area contributed by atoms with Gasteiger partial charge in [0.05, 0.1) is 31.0 Å². The third kappa shape index (κ3) is 3.06. The Balaban J connectivity index is 2.54. The highest BCUT2D eigenvalue weighted by molar-refractivity contribution is 7.92. The normalized spacial score (nSPS) is 28.1. The average Bonchev–Trinajstić information content (AvgIpc) is 2.40. The zero-order valence-corrected chi connectivity index (χ0v) is 15.5. The van der Waals surface area contributed by atoms with Gasteiger partial charge in [-0.3, -0.25) is 5.41 Å². The number of nitrogens with one attached hydrogen (secondary N) is 1. The molecular weight excluding hydrogens is 318 g/mol. The molecular formula is C15H27N3O4S. The Labute approximate surface area is 138 Å². The minimum Gasteiger partial charge on any atom is -0.486 e. The van der Waals surface area contributed by atoms with E-state index < -0.39 is 14.6 Å². The van der Waals surface area contributed by atoms with Gasteiger partial charge < -0.3 is 19.3 Å². The minimum absolute atomic E-state index is 0.000224. The summed E-state index contributed by atoms with van der Waals surface area (Å²) >= 11 is 0. The Morgan fingerprint density at radius 1 is 1.30 bits per heavy atom. The van der Waals surface area contributed by atoms with Crippen molar-refractivity contribution < 1.29 is 17.9 Å². The average molecular weight is 345 g/mol. The topological polar surface area (TPSA) is 82.9 Å². The number of ether oxygens (including phenoxy) is 2. The molecule has 132 valence electrons. The summed E-state index contributed by atoms with van der Waals surface area (Å²) in [5, 5.41) is 8.58. The molecule has 0 aliphatic carbocycles. The van der Waals surface area contributed by atoms with E-state index in [1.54, 1.807) is 32.8 Å². The van der Waals surface area contributed by atoms with Crippen LogP contribution in [0.2, 0.25) is 0 Å². The second kappa shape index (κ2) is 5.98. The molecule has 2 saturated heterocycles. The van der Waals surface area contributed by atoms with Crippen LogP contribution in [0, 0.1) is 5.41 Å². The molecule has 23 heavy (non-hydrogen) atoms. The van der Waals surface area contributed by atoms with Gasteiger partial charge >= 0.3 is 0 Å². The number of rotatable bonds is 3. The quantitative estimate of drug-likeness (QED) is 0.810. The molecule has 0 saturated carbocycles. The van der Waals surface area contributed by atoms with E-state index in [0.29, 0.717) is 31.3 Å². The van der Waals surface area contributed by atoms with Gasteiger partial charge in [0.25, 0.3) is 0 Å². The molecule has 0 aromatic carbocycles. The summed E-state index contributed by atoms with van der Waals surface area (Å²) in [6.07, 6.45) is 1.21. The number of nitrogens with zero attached hydrogens (tertiary/aromatic N) is 2. The van der Waals surface area contributed by atoms with E-state index in [1.807, 2.05) is 11.8 Å². The first-order valence-electron chi connectivity index (χ1n) is 7.68. The van der Waals surface area contributed by atoms with E-state index in [1.165, 1.54) is 6.26 Å². The standard InChI is InChI=1S/C15H27N3O4S/c1-10-7-21-8-11-9-22-12(14(16)18(10)11)13(17(4)5)15(2,3)23(6,19)20/h10-11,16H,7-9H2,1-6H3/b13-12+,16-14?/t10-,11+/m0/s1. The molecule has 0 spiro atoms. The fourth-order valence-corrected chi connectivity index (χ4v) is 3.79. The van der Waals surface area contributed by atoms with Crippen molar-refractivity contribution in [3.05, 3.63) is 11.5 Å². The number of fused-ring (bicyclic) bond motifs is 1. The summed E-state index contributed by atoms with van der Waals surface area (Å²) in [6, 6.07) is 0.0599. The first kappa shape index (κ1) is 18.1. The summed E-state index contributed by atoms with van der Waals surface area (Å²) in [7, 11) is 0.175. The van der Waals surface area contributed by atoms with E-state index in [0.717, 1.165) is 0 Å². The van der Waals surface area contributed by atoms with Crippen molar-refractivity contribution in [2.45, 2.75) is 37.6 Å². The van der Waals surface area contributed by atoms with Crippen LogP contribution < -0.4 is 0 Å². The fourth-order valence-electron chi connectivity index (χ4n) is 3.16. The van der Waals surface area contributed by atoms with Gasteiger partial charge in [0.2, 0.25) is 0 Å². The molecule has 0 aromatic rings. The lowest BCUT2D eigenvalue weighted by Gasteiger charge is -2.46. The second-order valence-electron chi connectivity index (χ2n) is 6.96. The van der Waals surface area contributed by atoms with Crippen molar-refractivity contribution in [2.24, 2.45) is 0 Å². The molecule has 0 bridgehead atoms. The van der Waals surface area contributed by atoms with Gasteiger partial charge in [0.1, 0.15) is 11.4 Å². The van der Waals surface area contributed by atoms with Crippen molar-refractivity contribution in [3.63, 3.8) is 0 Å². The lowest BCUT2D eigenvalue weighted by molar-refractivity contribution is -0.0445. The number of morpholine rings is 2. The molecule has 2 rings (SSSR count). The van der Waals surface area contributed by atoms with Crippen molar-refractivity contribution in [1.82, 2.24) is 9.80 Å². The highest BCUT2D eigenvalue weighted by atomic mass is 32.2. The maximum atomic E-state index is 12.3. The largest absolute Gasteiger partial charge is 0.486 e. The van der Waals surface area contributed by atoms with Gasteiger partial charge in [0, 0.05) is 20.4 Å². The molecule has 7 nitrogen and oxygen atoms in total. The van der Waals surface area contributed by atoms with E-state index in [-0.39, 0.29) is 17.9 Å². The number of amidine groups is 1. The first-order chi connectivity index (χ1) is 10.5. The lowest BCUT2D eigenvalue weighted by Crippen LogP contribution is -2.59. The van der Waals surface area contributed by atoms with Crippen LogP contribution in [0.25, 0.3) is 0 Å². The van der Waals surface area contributed by atoms with Crippen molar-refractivity contribution >= 4 is 15.7 Å². The molecule has 0 amide bonds. The van der Waals surface area contributed by atoms with E-state index >= 15 is 0 Å². The maximum Gasteiger partial charge on any atom is 0.181 e. The highest BCUT2D eigenvalue weighted by Crippen LogP contribution is 2.33. The predicted molar refractivity (Wildman–Crippen MR) is 89.2 cm³/mol. The summed E-state index contributed by atoms with van der Waals surface area (Å²) < 4.78 is 34.8. The van der Waals surface area contributed by atoms with Gasteiger partial charge in [0.15, 0.2) is 21.4 Å².